The van der Waals surface area contributed by atoms with Crippen LogP contribution < -0.4 is 14.4 Å². The molecule has 1 fully saturated rings. The van der Waals surface area contributed by atoms with Crippen LogP contribution in [0.4, 0.5) is 9.52 Å². The van der Waals surface area contributed by atoms with E-state index in [0.717, 1.165) is 39.3 Å². The maximum atomic E-state index is 14.3. The van der Waals surface area contributed by atoms with E-state index < -0.39 is 11.9 Å². The Labute approximate surface area is 189 Å². The van der Waals surface area contributed by atoms with E-state index in [2.05, 4.69) is 9.88 Å². The summed E-state index contributed by atoms with van der Waals surface area (Å²) in [6.45, 7) is 4.65. The zero-order valence-electron chi connectivity index (χ0n) is 17.5. The highest BCUT2D eigenvalue weighted by atomic mass is 32.1. The zero-order valence-corrected chi connectivity index (χ0v) is 18.4. The molecule has 9 heteroatoms. The van der Waals surface area contributed by atoms with Gasteiger partial charge in [0.05, 0.1) is 17.9 Å². The minimum atomic E-state index is -0.787. The minimum absolute atomic E-state index is 0.120. The number of nitrogens with zero attached hydrogens (tertiary/aromatic N) is 3. The largest absolute Gasteiger partial charge is 0.485 e. The van der Waals surface area contributed by atoms with Crippen molar-refractivity contribution in [1.82, 2.24) is 9.88 Å². The molecule has 1 aromatic heterocycles. The van der Waals surface area contributed by atoms with E-state index in [1.54, 1.807) is 17.0 Å². The van der Waals surface area contributed by atoms with Crippen LogP contribution in [0.5, 0.6) is 11.5 Å². The van der Waals surface area contributed by atoms with Crippen molar-refractivity contribution in [3.05, 3.63) is 48.3 Å². The molecule has 2 aliphatic heterocycles. The zero-order chi connectivity index (χ0) is 21.9. The molecule has 1 amide bonds. The molecule has 7 nitrogen and oxygen atoms in total. The normalized spacial score (nSPS) is 18.6. The number of halogens is 1. The first-order valence-corrected chi connectivity index (χ1v) is 11.6. The summed E-state index contributed by atoms with van der Waals surface area (Å²) in [5, 5.41) is 0.472. The number of hydrogen-bond donors (Lipinski definition) is 0. The molecule has 0 spiro atoms. The number of carbonyl (C=O) groups is 1. The molecule has 0 bridgehead atoms. The number of aromatic nitrogens is 1. The van der Waals surface area contributed by atoms with Crippen molar-refractivity contribution < 1.29 is 23.4 Å². The monoisotopic (exact) mass is 457 g/mol. The first kappa shape index (κ1) is 21.1. The summed E-state index contributed by atoms with van der Waals surface area (Å²) in [5.41, 5.74) is 0.282. The maximum Gasteiger partial charge on any atom is 0.273 e. The van der Waals surface area contributed by atoms with Crippen molar-refractivity contribution in [1.29, 1.82) is 0 Å². The van der Waals surface area contributed by atoms with Gasteiger partial charge >= 0.3 is 0 Å². The van der Waals surface area contributed by atoms with E-state index in [1.807, 2.05) is 24.3 Å². The Kier molecular flexibility index (Phi) is 6.20. The van der Waals surface area contributed by atoms with Crippen LogP contribution in [0.15, 0.2) is 42.5 Å². The Balaban J connectivity index is 1.37. The number of rotatable bonds is 6. The number of ether oxygens (including phenoxy) is 3. The smallest absolute Gasteiger partial charge is 0.273 e. The summed E-state index contributed by atoms with van der Waals surface area (Å²) < 4.78 is 32.1. The van der Waals surface area contributed by atoms with Crippen molar-refractivity contribution in [3.8, 4) is 11.5 Å². The molecule has 0 aliphatic carbocycles. The number of thiazole rings is 1. The van der Waals surface area contributed by atoms with Crippen LogP contribution in [-0.4, -0.2) is 67.9 Å². The molecule has 0 saturated carbocycles. The predicted molar refractivity (Wildman–Crippen MR) is 120 cm³/mol. The molecule has 1 atom stereocenters. The van der Waals surface area contributed by atoms with Crippen molar-refractivity contribution in [3.63, 3.8) is 0 Å². The number of fused-ring (bicyclic) bond motifs is 2. The van der Waals surface area contributed by atoms with E-state index in [4.69, 9.17) is 14.2 Å². The van der Waals surface area contributed by atoms with E-state index >= 15 is 0 Å². The molecule has 0 N–H and O–H groups in total. The molecule has 3 heterocycles. The van der Waals surface area contributed by atoms with E-state index in [1.165, 1.54) is 17.4 Å². The highest BCUT2D eigenvalue weighted by Gasteiger charge is 2.33. The van der Waals surface area contributed by atoms with Crippen LogP contribution in [0, 0.1) is 5.82 Å². The molecule has 2 aliphatic rings. The number of hydrogen-bond acceptors (Lipinski definition) is 7. The van der Waals surface area contributed by atoms with Gasteiger partial charge in [-0.2, -0.15) is 0 Å². The summed E-state index contributed by atoms with van der Waals surface area (Å²) in [4.78, 5) is 21.9. The highest BCUT2D eigenvalue weighted by Crippen LogP contribution is 2.34. The van der Waals surface area contributed by atoms with Crippen LogP contribution >= 0.6 is 11.3 Å². The fraction of sp³-hybridized carbons (Fsp3) is 0.391. The van der Waals surface area contributed by atoms with Gasteiger partial charge < -0.3 is 14.2 Å². The quantitative estimate of drug-likeness (QED) is 0.566. The second-order valence-electron chi connectivity index (χ2n) is 7.74. The molecule has 3 aromatic rings. The molecular formula is C23H24FN3O4S. The number of anilines is 1. The first-order chi connectivity index (χ1) is 15.7. The Bertz CT molecular complexity index is 1100. The first-order valence-electron chi connectivity index (χ1n) is 10.7. The van der Waals surface area contributed by atoms with Crippen LogP contribution in [0.25, 0.3) is 10.2 Å². The van der Waals surface area contributed by atoms with Crippen LogP contribution in [0.2, 0.25) is 0 Å². The van der Waals surface area contributed by atoms with Gasteiger partial charge in [-0.3, -0.25) is 14.6 Å². The van der Waals surface area contributed by atoms with Crippen LogP contribution in [0.3, 0.4) is 0 Å². The van der Waals surface area contributed by atoms with Gasteiger partial charge in [0.25, 0.3) is 5.91 Å². The third kappa shape index (κ3) is 4.41. The van der Waals surface area contributed by atoms with Gasteiger partial charge in [0, 0.05) is 26.2 Å². The summed E-state index contributed by atoms with van der Waals surface area (Å²) in [6.07, 6.45) is -0.0287. The number of morpholine rings is 1. The average Bonchev–Trinajstić information content (AvgIpc) is 3.27. The van der Waals surface area contributed by atoms with Gasteiger partial charge in [-0.1, -0.05) is 29.5 Å². The molecule has 5 rings (SSSR count). The number of carbonyl (C=O) groups excluding carboxylic acids is 1. The molecule has 1 unspecified atom stereocenters. The third-order valence-electron chi connectivity index (χ3n) is 5.60. The molecular weight excluding hydrogens is 433 g/mol. The van der Waals surface area contributed by atoms with E-state index in [-0.39, 0.29) is 18.0 Å². The summed E-state index contributed by atoms with van der Waals surface area (Å²) in [7, 11) is 0. The van der Waals surface area contributed by atoms with Crippen LogP contribution in [0.1, 0.15) is 6.42 Å². The second-order valence-corrected chi connectivity index (χ2v) is 8.75. The minimum Gasteiger partial charge on any atom is -0.485 e. The number of benzene rings is 2. The van der Waals surface area contributed by atoms with Gasteiger partial charge in [0.1, 0.15) is 17.9 Å². The van der Waals surface area contributed by atoms with Gasteiger partial charge in [-0.25, -0.2) is 9.37 Å². The topological polar surface area (TPSA) is 64.1 Å². The van der Waals surface area contributed by atoms with E-state index in [0.29, 0.717) is 27.9 Å². The average molecular weight is 458 g/mol. The summed E-state index contributed by atoms with van der Waals surface area (Å²) in [5.74, 6) is 0.538. The lowest BCUT2D eigenvalue weighted by Crippen LogP contribution is -2.47. The fourth-order valence-electron chi connectivity index (χ4n) is 3.91. The summed E-state index contributed by atoms with van der Waals surface area (Å²) in [6, 6.07) is 12.1. The van der Waals surface area contributed by atoms with Gasteiger partial charge in [-0.05, 0) is 30.7 Å². The second kappa shape index (κ2) is 9.40. The fourth-order valence-corrected chi connectivity index (χ4v) is 4.92. The number of amides is 1. The SMILES string of the molecule is O=C(C1COc2ccccc2O1)N(CCCN1CCOCC1)c1nc2c(F)cccc2s1. The molecule has 32 heavy (non-hydrogen) atoms. The standard InChI is InChI=1S/C23H24FN3O4S/c24-16-5-3-8-20-21(16)25-23(32-20)27(10-4-9-26-11-13-29-14-12-26)22(28)19-15-30-17-6-1-2-7-18(17)31-19/h1-3,5-8,19H,4,9-15H2. The number of para-hydroxylation sites is 3. The van der Waals surface area contributed by atoms with Crippen molar-refractivity contribution in [2.45, 2.75) is 12.5 Å². The Morgan fingerprint density at radius 1 is 1.16 bits per heavy atom. The highest BCUT2D eigenvalue weighted by molar-refractivity contribution is 7.22. The molecule has 0 radical (unpaired) electrons. The molecule has 168 valence electrons. The van der Waals surface area contributed by atoms with Gasteiger partial charge in [0.2, 0.25) is 6.10 Å². The maximum absolute atomic E-state index is 14.3. The van der Waals surface area contributed by atoms with Crippen molar-refractivity contribution in [2.24, 2.45) is 0 Å². The Morgan fingerprint density at radius 2 is 1.97 bits per heavy atom. The lowest BCUT2D eigenvalue weighted by atomic mass is 10.2. The Hall–Kier alpha value is -2.75. The van der Waals surface area contributed by atoms with Crippen molar-refractivity contribution >= 4 is 32.6 Å². The van der Waals surface area contributed by atoms with Gasteiger partial charge in [-0.15, -0.1) is 0 Å². The summed E-state index contributed by atoms with van der Waals surface area (Å²) >= 11 is 1.31. The van der Waals surface area contributed by atoms with E-state index in [9.17, 15) is 9.18 Å². The lowest BCUT2D eigenvalue weighted by molar-refractivity contribution is -0.127. The Morgan fingerprint density at radius 3 is 2.78 bits per heavy atom. The predicted octanol–water partition coefficient (Wildman–Crippen LogP) is 3.33. The van der Waals surface area contributed by atoms with Gasteiger partial charge in [0.15, 0.2) is 16.6 Å². The van der Waals surface area contributed by atoms with Crippen molar-refractivity contribution in [2.75, 3.05) is 50.9 Å². The lowest BCUT2D eigenvalue weighted by Gasteiger charge is -2.31. The third-order valence-corrected chi connectivity index (χ3v) is 6.64. The molecule has 2 aromatic carbocycles. The molecule has 1 saturated heterocycles. The van der Waals surface area contributed by atoms with Crippen LogP contribution in [-0.2, 0) is 9.53 Å².